The highest BCUT2D eigenvalue weighted by atomic mass is 16.2. The number of aldehydes is 1. The standard InChI is InChI=1S/C6H12N2O2/c1-2-5(4-9)3-8-6(7)10/h4-5H,2-3H2,1H3,(H3,7,8,10). The van der Waals surface area contributed by atoms with Crippen molar-refractivity contribution < 1.29 is 9.59 Å². The van der Waals surface area contributed by atoms with E-state index in [1.807, 2.05) is 6.92 Å². The molecule has 0 aliphatic carbocycles. The molecule has 0 heterocycles. The van der Waals surface area contributed by atoms with Gasteiger partial charge in [-0.3, -0.25) is 0 Å². The summed E-state index contributed by atoms with van der Waals surface area (Å²) in [6.07, 6.45) is 1.54. The van der Waals surface area contributed by atoms with Gasteiger partial charge in [0.05, 0.1) is 0 Å². The molecule has 0 rings (SSSR count). The zero-order valence-corrected chi connectivity index (χ0v) is 5.96. The summed E-state index contributed by atoms with van der Waals surface area (Å²) in [7, 11) is 0. The van der Waals surface area contributed by atoms with Crippen LogP contribution in [0.15, 0.2) is 0 Å². The Balaban J connectivity index is 3.44. The predicted octanol–water partition coefficient (Wildman–Crippen LogP) is -0.120. The summed E-state index contributed by atoms with van der Waals surface area (Å²) in [5, 5.41) is 2.36. The lowest BCUT2D eigenvalue weighted by Gasteiger charge is -2.05. The highest BCUT2D eigenvalue weighted by molar-refractivity contribution is 5.72. The second-order valence-electron chi connectivity index (χ2n) is 2.05. The molecule has 0 fully saturated rings. The Labute approximate surface area is 59.8 Å². The van der Waals surface area contributed by atoms with Crippen molar-refractivity contribution >= 4 is 12.3 Å². The van der Waals surface area contributed by atoms with Crippen molar-refractivity contribution in [2.75, 3.05) is 6.54 Å². The van der Waals surface area contributed by atoms with Crippen LogP contribution in [0.25, 0.3) is 0 Å². The maximum Gasteiger partial charge on any atom is 0.312 e. The van der Waals surface area contributed by atoms with Crippen molar-refractivity contribution in [3.8, 4) is 0 Å². The Bertz CT molecular complexity index is 125. The van der Waals surface area contributed by atoms with E-state index in [1.165, 1.54) is 0 Å². The van der Waals surface area contributed by atoms with Gasteiger partial charge in [-0.1, -0.05) is 6.92 Å². The maximum absolute atomic E-state index is 10.2. The summed E-state index contributed by atoms with van der Waals surface area (Å²) in [5.74, 6) is -0.104. The molecule has 0 aromatic heterocycles. The average molecular weight is 144 g/mol. The molecule has 0 aromatic carbocycles. The largest absolute Gasteiger partial charge is 0.352 e. The summed E-state index contributed by atoms with van der Waals surface area (Å²) in [6.45, 7) is 2.22. The smallest absolute Gasteiger partial charge is 0.312 e. The van der Waals surface area contributed by atoms with Crippen LogP contribution in [-0.2, 0) is 4.79 Å². The minimum absolute atomic E-state index is 0.104. The number of hydrogen-bond donors (Lipinski definition) is 2. The first-order valence-electron chi connectivity index (χ1n) is 3.19. The lowest BCUT2D eigenvalue weighted by atomic mass is 10.1. The SMILES string of the molecule is CCC(C=O)CNC(N)=O. The Morgan fingerprint density at radius 3 is 2.70 bits per heavy atom. The molecule has 10 heavy (non-hydrogen) atoms. The van der Waals surface area contributed by atoms with Gasteiger partial charge in [-0.25, -0.2) is 4.79 Å². The van der Waals surface area contributed by atoms with Crippen molar-refractivity contribution in [1.82, 2.24) is 5.32 Å². The quantitative estimate of drug-likeness (QED) is 0.540. The number of hydrogen-bond acceptors (Lipinski definition) is 2. The third kappa shape index (κ3) is 3.88. The Kier molecular flexibility index (Phi) is 4.28. The molecular weight excluding hydrogens is 132 g/mol. The minimum atomic E-state index is -0.583. The Hall–Kier alpha value is -1.06. The lowest BCUT2D eigenvalue weighted by molar-refractivity contribution is -0.111. The van der Waals surface area contributed by atoms with Gasteiger partial charge in [0.1, 0.15) is 6.29 Å². The van der Waals surface area contributed by atoms with Gasteiger partial charge in [0.2, 0.25) is 0 Å². The van der Waals surface area contributed by atoms with Gasteiger partial charge >= 0.3 is 6.03 Å². The molecule has 0 radical (unpaired) electrons. The molecule has 4 heteroatoms. The Morgan fingerprint density at radius 1 is 1.80 bits per heavy atom. The summed E-state index contributed by atoms with van der Waals surface area (Å²) in [5.41, 5.74) is 4.78. The molecule has 0 spiro atoms. The summed E-state index contributed by atoms with van der Waals surface area (Å²) < 4.78 is 0. The first-order chi connectivity index (χ1) is 4.70. The van der Waals surface area contributed by atoms with E-state index in [0.29, 0.717) is 6.54 Å². The molecule has 58 valence electrons. The van der Waals surface area contributed by atoms with E-state index in [0.717, 1.165) is 12.7 Å². The molecule has 0 saturated carbocycles. The van der Waals surface area contributed by atoms with E-state index in [9.17, 15) is 9.59 Å². The van der Waals surface area contributed by atoms with Crippen LogP contribution in [0.4, 0.5) is 4.79 Å². The fourth-order valence-corrected chi connectivity index (χ4v) is 0.520. The Morgan fingerprint density at radius 2 is 2.40 bits per heavy atom. The molecule has 0 saturated heterocycles. The van der Waals surface area contributed by atoms with Gasteiger partial charge in [0.15, 0.2) is 0 Å². The second kappa shape index (κ2) is 4.78. The number of urea groups is 1. The number of amides is 2. The van der Waals surface area contributed by atoms with Crippen LogP contribution in [0.2, 0.25) is 0 Å². The van der Waals surface area contributed by atoms with E-state index in [1.54, 1.807) is 0 Å². The van der Waals surface area contributed by atoms with Gasteiger partial charge < -0.3 is 15.8 Å². The van der Waals surface area contributed by atoms with Crippen molar-refractivity contribution in [2.45, 2.75) is 13.3 Å². The number of carbonyl (C=O) groups excluding carboxylic acids is 2. The topological polar surface area (TPSA) is 72.2 Å². The molecule has 3 N–H and O–H groups in total. The molecule has 2 amide bonds. The number of nitrogens with two attached hydrogens (primary N) is 1. The first-order valence-corrected chi connectivity index (χ1v) is 3.19. The molecule has 0 bridgehead atoms. The third-order valence-electron chi connectivity index (χ3n) is 1.26. The molecular formula is C6H12N2O2. The molecule has 4 nitrogen and oxygen atoms in total. The first kappa shape index (κ1) is 8.94. The zero-order chi connectivity index (χ0) is 7.98. The van der Waals surface area contributed by atoms with E-state index in [4.69, 9.17) is 5.73 Å². The number of nitrogens with one attached hydrogen (secondary N) is 1. The van der Waals surface area contributed by atoms with Crippen LogP contribution in [0, 0.1) is 5.92 Å². The van der Waals surface area contributed by atoms with Crippen molar-refractivity contribution in [3.63, 3.8) is 0 Å². The molecule has 0 aromatic rings. The number of primary amides is 1. The van der Waals surface area contributed by atoms with Crippen molar-refractivity contribution in [2.24, 2.45) is 11.7 Å². The lowest BCUT2D eigenvalue weighted by Crippen LogP contribution is -2.33. The second-order valence-corrected chi connectivity index (χ2v) is 2.05. The van der Waals surface area contributed by atoms with E-state index < -0.39 is 6.03 Å². The number of carbonyl (C=O) groups is 2. The van der Waals surface area contributed by atoms with Crippen LogP contribution in [0.3, 0.4) is 0 Å². The molecule has 0 aliphatic rings. The predicted molar refractivity (Wildman–Crippen MR) is 37.4 cm³/mol. The van der Waals surface area contributed by atoms with Crippen molar-refractivity contribution in [1.29, 1.82) is 0 Å². The highest BCUT2D eigenvalue weighted by Crippen LogP contribution is 1.94. The average Bonchev–Trinajstić information content (AvgIpc) is 1.90. The molecule has 0 aliphatic heterocycles. The minimum Gasteiger partial charge on any atom is -0.352 e. The van der Waals surface area contributed by atoms with Crippen LogP contribution in [0.5, 0.6) is 0 Å². The fraction of sp³-hybridized carbons (Fsp3) is 0.667. The van der Waals surface area contributed by atoms with Crippen LogP contribution < -0.4 is 11.1 Å². The van der Waals surface area contributed by atoms with Crippen LogP contribution >= 0.6 is 0 Å². The normalized spacial score (nSPS) is 12.1. The summed E-state index contributed by atoms with van der Waals surface area (Å²) >= 11 is 0. The monoisotopic (exact) mass is 144 g/mol. The van der Waals surface area contributed by atoms with Crippen LogP contribution in [-0.4, -0.2) is 18.9 Å². The van der Waals surface area contributed by atoms with E-state index in [-0.39, 0.29) is 5.92 Å². The molecule has 1 atom stereocenters. The zero-order valence-electron chi connectivity index (χ0n) is 5.96. The van der Waals surface area contributed by atoms with Gasteiger partial charge in [-0.2, -0.15) is 0 Å². The van der Waals surface area contributed by atoms with Gasteiger partial charge in [-0.15, -0.1) is 0 Å². The third-order valence-corrected chi connectivity index (χ3v) is 1.26. The number of rotatable bonds is 4. The van der Waals surface area contributed by atoms with Gasteiger partial charge in [0.25, 0.3) is 0 Å². The highest BCUT2D eigenvalue weighted by Gasteiger charge is 2.03. The van der Waals surface area contributed by atoms with E-state index in [2.05, 4.69) is 5.32 Å². The van der Waals surface area contributed by atoms with Gasteiger partial charge in [0, 0.05) is 12.5 Å². The fourth-order valence-electron chi connectivity index (χ4n) is 0.520. The molecule has 1 unspecified atom stereocenters. The van der Waals surface area contributed by atoms with Gasteiger partial charge in [-0.05, 0) is 6.42 Å². The maximum atomic E-state index is 10.2. The summed E-state index contributed by atoms with van der Waals surface area (Å²) in [6, 6.07) is -0.583. The summed E-state index contributed by atoms with van der Waals surface area (Å²) in [4.78, 5) is 20.3. The van der Waals surface area contributed by atoms with E-state index >= 15 is 0 Å². The van der Waals surface area contributed by atoms with Crippen LogP contribution in [0.1, 0.15) is 13.3 Å². The van der Waals surface area contributed by atoms with Crippen molar-refractivity contribution in [3.05, 3.63) is 0 Å².